The number of carbonyl (C=O) groups is 1. The Bertz CT molecular complexity index is 478. The first kappa shape index (κ1) is 17.1. The van der Waals surface area contributed by atoms with Gasteiger partial charge in [0.1, 0.15) is 12.4 Å². The van der Waals surface area contributed by atoms with Crippen LogP contribution in [0.15, 0.2) is 18.2 Å². The second-order valence-corrected chi connectivity index (χ2v) is 4.08. The second kappa shape index (κ2) is 7.72. The molecule has 1 aromatic rings. The molecule has 3 N–H and O–H groups in total. The Kier molecular flexibility index (Phi) is 6.29. The summed E-state index contributed by atoms with van der Waals surface area (Å²) >= 11 is 0. The van der Waals surface area contributed by atoms with Crippen molar-refractivity contribution >= 4 is 11.6 Å². The molecule has 0 spiro atoms. The number of nitrogens with one attached hydrogen (secondary N) is 2. The minimum absolute atomic E-state index is 0.0000604. The summed E-state index contributed by atoms with van der Waals surface area (Å²) in [5, 5.41) is 13.5. The van der Waals surface area contributed by atoms with Crippen molar-refractivity contribution in [2.75, 3.05) is 31.6 Å². The van der Waals surface area contributed by atoms with E-state index in [0.717, 1.165) is 6.07 Å². The molecule has 0 saturated carbocycles. The fourth-order valence-corrected chi connectivity index (χ4v) is 1.60. The highest BCUT2D eigenvalue weighted by molar-refractivity contribution is 5.81. The van der Waals surface area contributed by atoms with E-state index in [4.69, 9.17) is 9.84 Å². The summed E-state index contributed by atoms with van der Waals surface area (Å²) in [5.74, 6) is -0.397. The number of alkyl halides is 3. The van der Waals surface area contributed by atoms with Gasteiger partial charge in [-0.1, -0.05) is 0 Å². The third kappa shape index (κ3) is 5.50. The number of likely N-dealkylation sites (N-methyl/N-ethyl adjacent to an activating group) is 1. The molecule has 1 rings (SSSR count). The molecule has 0 aliphatic rings. The minimum Gasteiger partial charge on any atom is -0.491 e. The smallest absolute Gasteiger partial charge is 0.418 e. The fourth-order valence-electron chi connectivity index (χ4n) is 1.60. The molecular formula is C13H17F3N2O3. The summed E-state index contributed by atoms with van der Waals surface area (Å²) in [6.07, 6.45) is -4.58. The van der Waals surface area contributed by atoms with Crippen molar-refractivity contribution in [2.45, 2.75) is 13.1 Å². The van der Waals surface area contributed by atoms with Gasteiger partial charge in [0.25, 0.3) is 0 Å². The van der Waals surface area contributed by atoms with Crippen LogP contribution in [0.25, 0.3) is 0 Å². The Morgan fingerprint density at radius 2 is 2.10 bits per heavy atom. The zero-order valence-electron chi connectivity index (χ0n) is 11.5. The highest BCUT2D eigenvalue weighted by Gasteiger charge is 2.34. The Labute approximate surface area is 120 Å². The molecule has 0 unspecified atom stereocenters. The number of carbonyl (C=O) groups excluding carboxylic acids is 1. The monoisotopic (exact) mass is 306 g/mol. The highest BCUT2D eigenvalue weighted by Crippen LogP contribution is 2.37. The van der Waals surface area contributed by atoms with E-state index in [0.29, 0.717) is 6.54 Å². The standard InChI is InChI=1S/C13H17F3N2O3/c1-2-17-12(20)8-18-11-4-3-9(21-6-5-19)7-10(11)13(14,15)16/h3-4,7,18-19H,2,5-6,8H2,1H3,(H,17,20). The van der Waals surface area contributed by atoms with Crippen molar-refractivity contribution in [1.82, 2.24) is 5.32 Å². The van der Waals surface area contributed by atoms with Crippen LogP contribution in [0.3, 0.4) is 0 Å². The van der Waals surface area contributed by atoms with Gasteiger partial charge in [-0.25, -0.2) is 0 Å². The van der Waals surface area contributed by atoms with Gasteiger partial charge in [0.2, 0.25) is 5.91 Å². The molecule has 8 heteroatoms. The molecule has 21 heavy (non-hydrogen) atoms. The summed E-state index contributed by atoms with van der Waals surface area (Å²) in [5.41, 5.74) is -1.13. The molecule has 0 aliphatic carbocycles. The van der Waals surface area contributed by atoms with Crippen LogP contribution in [0.1, 0.15) is 12.5 Å². The third-order valence-corrected chi connectivity index (χ3v) is 2.47. The molecule has 0 atom stereocenters. The average molecular weight is 306 g/mol. The number of ether oxygens (including phenoxy) is 1. The van der Waals surface area contributed by atoms with E-state index in [1.54, 1.807) is 6.92 Å². The molecule has 5 nitrogen and oxygen atoms in total. The van der Waals surface area contributed by atoms with Gasteiger partial charge < -0.3 is 20.5 Å². The largest absolute Gasteiger partial charge is 0.491 e. The first-order chi connectivity index (χ1) is 9.88. The van der Waals surface area contributed by atoms with Crippen molar-refractivity contribution in [3.63, 3.8) is 0 Å². The molecule has 1 aromatic carbocycles. The van der Waals surface area contributed by atoms with Gasteiger partial charge >= 0.3 is 6.18 Å². The van der Waals surface area contributed by atoms with E-state index < -0.39 is 17.6 Å². The van der Waals surface area contributed by atoms with Gasteiger partial charge in [0, 0.05) is 12.2 Å². The number of hydrogen-bond acceptors (Lipinski definition) is 4. The van der Waals surface area contributed by atoms with Gasteiger partial charge in [-0.3, -0.25) is 4.79 Å². The number of anilines is 1. The van der Waals surface area contributed by atoms with Gasteiger partial charge in [0.15, 0.2) is 0 Å². The number of aliphatic hydroxyl groups excluding tert-OH is 1. The number of halogens is 3. The van der Waals surface area contributed by atoms with E-state index in [1.807, 2.05) is 0 Å². The van der Waals surface area contributed by atoms with E-state index in [-0.39, 0.29) is 31.2 Å². The van der Waals surface area contributed by atoms with Crippen LogP contribution >= 0.6 is 0 Å². The highest BCUT2D eigenvalue weighted by atomic mass is 19.4. The predicted octanol–water partition coefficient (Wildman–Crippen LogP) is 1.62. The summed E-state index contributed by atoms with van der Waals surface area (Å²) in [4.78, 5) is 11.3. The van der Waals surface area contributed by atoms with E-state index >= 15 is 0 Å². The number of rotatable bonds is 7. The van der Waals surface area contributed by atoms with Crippen LogP contribution < -0.4 is 15.4 Å². The number of benzene rings is 1. The molecule has 0 heterocycles. The number of hydrogen-bond donors (Lipinski definition) is 3. The van der Waals surface area contributed by atoms with Gasteiger partial charge in [-0.05, 0) is 25.1 Å². The Hall–Kier alpha value is -1.96. The molecule has 0 aliphatic heterocycles. The third-order valence-electron chi connectivity index (χ3n) is 2.47. The average Bonchev–Trinajstić information content (AvgIpc) is 2.42. The van der Waals surface area contributed by atoms with Crippen LogP contribution in [-0.4, -0.2) is 37.3 Å². The van der Waals surface area contributed by atoms with Crippen molar-refractivity contribution in [1.29, 1.82) is 0 Å². The summed E-state index contributed by atoms with van der Waals surface area (Å²) in [7, 11) is 0. The molecule has 0 saturated heterocycles. The van der Waals surface area contributed by atoms with Crippen LogP contribution in [0, 0.1) is 0 Å². The summed E-state index contributed by atoms with van der Waals surface area (Å²) in [6.45, 7) is 1.47. The SMILES string of the molecule is CCNC(=O)CNc1ccc(OCCO)cc1C(F)(F)F. The first-order valence-corrected chi connectivity index (χ1v) is 6.34. The summed E-state index contributed by atoms with van der Waals surface area (Å²) < 4.78 is 43.9. The second-order valence-electron chi connectivity index (χ2n) is 4.08. The lowest BCUT2D eigenvalue weighted by atomic mass is 10.1. The van der Waals surface area contributed by atoms with Crippen molar-refractivity contribution in [3.8, 4) is 5.75 Å². The Morgan fingerprint density at radius 1 is 1.38 bits per heavy atom. The maximum Gasteiger partial charge on any atom is 0.418 e. The van der Waals surface area contributed by atoms with E-state index in [2.05, 4.69) is 10.6 Å². The molecule has 0 radical (unpaired) electrons. The van der Waals surface area contributed by atoms with Crippen molar-refractivity contribution in [2.24, 2.45) is 0 Å². The van der Waals surface area contributed by atoms with Crippen LogP contribution in [0.4, 0.5) is 18.9 Å². The first-order valence-electron chi connectivity index (χ1n) is 6.34. The lowest BCUT2D eigenvalue weighted by molar-refractivity contribution is -0.137. The number of aliphatic hydroxyl groups is 1. The lowest BCUT2D eigenvalue weighted by Crippen LogP contribution is -2.30. The molecule has 118 valence electrons. The summed E-state index contributed by atoms with van der Waals surface area (Å²) in [6, 6.07) is 3.36. The topological polar surface area (TPSA) is 70.6 Å². The Morgan fingerprint density at radius 3 is 2.67 bits per heavy atom. The molecular weight excluding hydrogens is 289 g/mol. The quantitative estimate of drug-likeness (QED) is 0.716. The predicted molar refractivity (Wildman–Crippen MR) is 71.2 cm³/mol. The van der Waals surface area contributed by atoms with Crippen LogP contribution in [0.2, 0.25) is 0 Å². The zero-order chi connectivity index (χ0) is 15.9. The lowest BCUT2D eigenvalue weighted by Gasteiger charge is -2.16. The van der Waals surface area contributed by atoms with Gasteiger partial charge in [-0.2, -0.15) is 13.2 Å². The van der Waals surface area contributed by atoms with E-state index in [1.165, 1.54) is 12.1 Å². The molecule has 0 bridgehead atoms. The van der Waals surface area contributed by atoms with Crippen LogP contribution in [0.5, 0.6) is 5.75 Å². The number of amides is 1. The Balaban J connectivity index is 2.89. The maximum atomic E-state index is 13.0. The molecule has 1 amide bonds. The van der Waals surface area contributed by atoms with Gasteiger partial charge in [-0.15, -0.1) is 0 Å². The normalized spacial score (nSPS) is 11.1. The van der Waals surface area contributed by atoms with E-state index in [9.17, 15) is 18.0 Å². The van der Waals surface area contributed by atoms with Crippen molar-refractivity contribution < 1.29 is 27.8 Å². The zero-order valence-corrected chi connectivity index (χ0v) is 11.5. The maximum absolute atomic E-state index is 13.0. The molecule has 0 aromatic heterocycles. The molecule has 0 fully saturated rings. The van der Waals surface area contributed by atoms with Crippen molar-refractivity contribution in [3.05, 3.63) is 23.8 Å². The minimum atomic E-state index is -4.58. The van der Waals surface area contributed by atoms with Crippen LogP contribution in [-0.2, 0) is 11.0 Å². The van der Waals surface area contributed by atoms with Gasteiger partial charge in [0.05, 0.1) is 18.7 Å². The fraction of sp³-hybridized carbons (Fsp3) is 0.462.